The number of hydrogen-bond acceptors (Lipinski definition) is 4. The minimum Gasteiger partial charge on any atom is -0.399 e. The van der Waals surface area contributed by atoms with Gasteiger partial charge in [-0.15, -0.1) is 0 Å². The van der Waals surface area contributed by atoms with Crippen molar-refractivity contribution < 1.29 is 8.42 Å². The summed E-state index contributed by atoms with van der Waals surface area (Å²) in [5, 5.41) is 5.29. The van der Waals surface area contributed by atoms with Gasteiger partial charge in [-0.2, -0.15) is 0 Å². The van der Waals surface area contributed by atoms with Crippen molar-refractivity contribution in [1.82, 2.24) is 0 Å². The number of anilines is 2. The van der Waals surface area contributed by atoms with E-state index in [1.807, 2.05) is 6.07 Å². The fourth-order valence-corrected chi connectivity index (χ4v) is 3.41. The average molecular weight is 313 g/mol. The molecule has 0 aliphatic carbocycles. The van der Waals surface area contributed by atoms with Gasteiger partial charge in [-0.05, 0) is 37.5 Å². The number of nitrogens with zero attached hydrogens (tertiary/aromatic N) is 1. The van der Waals surface area contributed by atoms with Gasteiger partial charge in [0, 0.05) is 24.5 Å². The highest BCUT2D eigenvalue weighted by atomic mass is 32.2. The van der Waals surface area contributed by atoms with Crippen LogP contribution in [-0.4, -0.2) is 21.5 Å². The summed E-state index contributed by atoms with van der Waals surface area (Å²) >= 11 is 0. The molecule has 120 valence electrons. The Balaban J connectivity index is 3.30. The molecule has 0 radical (unpaired) electrons. The maximum Gasteiger partial charge on any atom is 0.238 e. The Morgan fingerprint density at radius 1 is 1.19 bits per heavy atom. The Morgan fingerprint density at radius 3 is 2.19 bits per heavy atom. The molecule has 0 amide bonds. The highest BCUT2D eigenvalue weighted by Crippen LogP contribution is 2.30. The lowest BCUT2D eigenvalue weighted by atomic mass is 10.0. The van der Waals surface area contributed by atoms with E-state index in [2.05, 4.69) is 25.7 Å². The second-order valence-electron chi connectivity index (χ2n) is 5.43. The molecule has 0 atom stereocenters. The number of hydrogen-bond donors (Lipinski definition) is 2. The molecule has 6 heteroatoms. The van der Waals surface area contributed by atoms with Crippen molar-refractivity contribution in [2.45, 2.75) is 45.4 Å². The first-order chi connectivity index (χ1) is 9.74. The molecule has 1 aromatic carbocycles. The van der Waals surface area contributed by atoms with Gasteiger partial charge in [0.15, 0.2) is 0 Å². The summed E-state index contributed by atoms with van der Waals surface area (Å²) in [6.07, 6.45) is 2.19. The molecule has 0 aromatic heterocycles. The number of sulfonamides is 1. The Hall–Kier alpha value is -1.27. The van der Waals surface area contributed by atoms with Gasteiger partial charge in [0.05, 0.1) is 4.90 Å². The van der Waals surface area contributed by atoms with Crippen LogP contribution in [-0.2, 0) is 10.0 Å². The summed E-state index contributed by atoms with van der Waals surface area (Å²) in [5.74, 6) is 0.573. The van der Waals surface area contributed by atoms with E-state index in [0.717, 1.165) is 31.6 Å². The smallest absolute Gasteiger partial charge is 0.238 e. The fraction of sp³-hybridized carbons (Fsp3) is 0.600. The number of benzene rings is 1. The molecule has 0 spiro atoms. The van der Waals surface area contributed by atoms with Gasteiger partial charge in [-0.25, -0.2) is 13.6 Å². The lowest BCUT2D eigenvalue weighted by Crippen LogP contribution is -2.30. The van der Waals surface area contributed by atoms with Crippen LogP contribution in [0.4, 0.5) is 11.4 Å². The van der Waals surface area contributed by atoms with Gasteiger partial charge in [-0.1, -0.05) is 26.7 Å². The maximum atomic E-state index is 11.7. The third kappa shape index (κ3) is 4.35. The van der Waals surface area contributed by atoms with Crippen molar-refractivity contribution in [1.29, 1.82) is 0 Å². The van der Waals surface area contributed by atoms with Crippen LogP contribution in [0.1, 0.15) is 39.2 Å². The fourth-order valence-electron chi connectivity index (χ4n) is 2.57. The molecule has 0 saturated carbocycles. The van der Waals surface area contributed by atoms with E-state index in [-0.39, 0.29) is 4.90 Å². The minimum absolute atomic E-state index is 0.112. The van der Waals surface area contributed by atoms with Crippen LogP contribution >= 0.6 is 0 Å². The van der Waals surface area contributed by atoms with Crippen LogP contribution in [0.15, 0.2) is 17.0 Å². The van der Waals surface area contributed by atoms with Crippen LogP contribution in [0.3, 0.4) is 0 Å². The monoisotopic (exact) mass is 313 g/mol. The van der Waals surface area contributed by atoms with E-state index in [0.29, 0.717) is 17.2 Å². The number of rotatable bonds is 7. The van der Waals surface area contributed by atoms with Crippen LogP contribution in [0, 0.1) is 12.8 Å². The van der Waals surface area contributed by atoms with Crippen molar-refractivity contribution in [3.05, 3.63) is 17.7 Å². The van der Waals surface area contributed by atoms with Gasteiger partial charge in [0.2, 0.25) is 10.0 Å². The second kappa shape index (κ2) is 7.13. The highest BCUT2D eigenvalue weighted by molar-refractivity contribution is 7.89. The summed E-state index contributed by atoms with van der Waals surface area (Å²) < 4.78 is 23.4. The summed E-state index contributed by atoms with van der Waals surface area (Å²) in [4.78, 5) is 2.29. The van der Waals surface area contributed by atoms with Gasteiger partial charge in [0.25, 0.3) is 0 Å². The molecule has 4 N–H and O–H groups in total. The first-order valence-corrected chi connectivity index (χ1v) is 8.96. The summed E-state index contributed by atoms with van der Waals surface area (Å²) in [7, 11) is -3.77. The molecule has 1 aromatic rings. The molecular weight excluding hydrogens is 286 g/mol. The summed E-state index contributed by atoms with van der Waals surface area (Å²) in [6, 6.07) is 3.26. The molecule has 5 nitrogen and oxygen atoms in total. The van der Waals surface area contributed by atoms with Gasteiger partial charge < -0.3 is 10.6 Å². The third-order valence-corrected chi connectivity index (χ3v) is 5.05. The van der Waals surface area contributed by atoms with Crippen molar-refractivity contribution in [2.75, 3.05) is 23.7 Å². The van der Waals surface area contributed by atoms with Crippen LogP contribution in [0.5, 0.6) is 0 Å². The van der Waals surface area contributed by atoms with E-state index < -0.39 is 10.0 Å². The molecule has 0 fully saturated rings. The first kappa shape index (κ1) is 17.8. The molecule has 0 heterocycles. The van der Waals surface area contributed by atoms with E-state index in [9.17, 15) is 8.42 Å². The topological polar surface area (TPSA) is 89.4 Å². The van der Waals surface area contributed by atoms with E-state index in [1.54, 1.807) is 6.92 Å². The maximum absolute atomic E-state index is 11.7. The lowest BCUT2D eigenvalue weighted by Gasteiger charge is -2.29. The molecule has 0 bridgehead atoms. The molecule has 0 aliphatic rings. The Bertz CT molecular complexity index is 581. The van der Waals surface area contributed by atoms with E-state index in [1.165, 1.54) is 6.07 Å². The molecule has 1 rings (SSSR count). The zero-order valence-corrected chi connectivity index (χ0v) is 14.2. The Kier molecular flexibility index (Phi) is 6.04. The summed E-state index contributed by atoms with van der Waals surface area (Å²) in [6.45, 7) is 9.86. The number of nitrogens with two attached hydrogens (primary N) is 2. The Morgan fingerprint density at radius 2 is 1.76 bits per heavy atom. The normalized spacial score (nSPS) is 11.9. The molecule has 0 saturated heterocycles. The van der Waals surface area contributed by atoms with Gasteiger partial charge in [-0.3, -0.25) is 0 Å². The van der Waals surface area contributed by atoms with Crippen molar-refractivity contribution in [3.63, 3.8) is 0 Å². The second-order valence-corrected chi connectivity index (χ2v) is 6.96. The molecular formula is C15H27N3O2S. The van der Waals surface area contributed by atoms with E-state index >= 15 is 0 Å². The lowest BCUT2D eigenvalue weighted by molar-refractivity contribution is 0.485. The van der Waals surface area contributed by atoms with Crippen molar-refractivity contribution in [2.24, 2.45) is 11.1 Å². The number of primary sulfonamides is 1. The van der Waals surface area contributed by atoms with Crippen LogP contribution < -0.4 is 15.8 Å². The van der Waals surface area contributed by atoms with Crippen molar-refractivity contribution in [3.8, 4) is 0 Å². The molecule has 0 aliphatic heterocycles. The number of nitrogen functional groups attached to an aromatic ring is 1. The quantitative estimate of drug-likeness (QED) is 0.757. The van der Waals surface area contributed by atoms with Gasteiger partial charge in [0.1, 0.15) is 0 Å². The van der Waals surface area contributed by atoms with Crippen molar-refractivity contribution >= 4 is 21.4 Å². The standard InChI is InChI=1S/C15H27N3O2S/c1-5-12(6-2)10-18(7-3)14-8-13(16)9-15(11(14)4)21(17,19)20/h8-9,12H,5-7,10,16H2,1-4H3,(H2,17,19,20). The summed E-state index contributed by atoms with van der Waals surface area (Å²) in [5.41, 5.74) is 7.81. The minimum atomic E-state index is -3.77. The average Bonchev–Trinajstić information content (AvgIpc) is 2.42. The molecule has 21 heavy (non-hydrogen) atoms. The van der Waals surface area contributed by atoms with E-state index in [4.69, 9.17) is 10.9 Å². The third-order valence-electron chi connectivity index (χ3n) is 4.02. The highest BCUT2D eigenvalue weighted by Gasteiger charge is 2.19. The zero-order chi connectivity index (χ0) is 16.2. The first-order valence-electron chi connectivity index (χ1n) is 7.42. The van der Waals surface area contributed by atoms with Crippen LogP contribution in [0.2, 0.25) is 0 Å². The van der Waals surface area contributed by atoms with Crippen LogP contribution in [0.25, 0.3) is 0 Å². The predicted octanol–water partition coefficient (Wildman–Crippen LogP) is 2.49. The zero-order valence-electron chi connectivity index (χ0n) is 13.4. The SMILES string of the molecule is CCC(CC)CN(CC)c1cc(N)cc(S(N)(=O)=O)c1C. The largest absolute Gasteiger partial charge is 0.399 e. The van der Waals surface area contributed by atoms with Gasteiger partial charge >= 0.3 is 0 Å². The Labute approximate surface area is 128 Å². The predicted molar refractivity (Wildman–Crippen MR) is 88.9 cm³/mol. The molecule has 0 unspecified atom stereocenters.